The second-order valence-electron chi connectivity index (χ2n) is 12.3. The lowest BCUT2D eigenvalue weighted by molar-refractivity contribution is -0.137. The normalized spacial score (nSPS) is 17.0. The molecule has 6 nitrogen and oxygen atoms in total. The van der Waals surface area contributed by atoms with Crippen molar-refractivity contribution < 1.29 is 27.9 Å². The molecule has 1 fully saturated rings. The number of halogens is 3. The second kappa shape index (κ2) is 13.7. The molecular formula is C34H40F3N3O3. The molecule has 0 spiro atoms. The summed E-state index contributed by atoms with van der Waals surface area (Å²) in [6, 6.07) is 20.4. The Hall–Kier alpha value is -3.69. The maximum Gasteiger partial charge on any atom is 0.416 e. The highest BCUT2D eigenvalue weighted by Crippen LogP contribution is 2.34. The third-order valence-electron chi connectivity index (χ3n) is 7.90. The van der Waals surface area contributed by atoms with Gasteiger partial charge < -0.3 is 20.6 Å². The Balaban J connectivity index is 1.45. The second-order valence-corrected chi connectivity index (χ2v) is 12.3. The molecular weight excluding hydrogens is 555 g/mol. The van der Waals surface area contributed by atoms with E-state index in [0.29, 0.717) is 29.7 Å². The van der Waals surface area contributed by atoms with Gasteiger partial charge in [0.2, 0.25) is 0 Å². The van der Waals surface area contributed by atoms with E-state index in [1.165, 1.54) is 6.07 Å². The standard InChI is InChI=1S/C34H40F3N3O3/c1-33(2,3)30-16-9-17-40(30)32(43)26-14-8-13-25(20-26)31(42)39-28(19-23-10-5-4-6-11-23)29(41)22-38-21-24-12-7-15-27(18-24)34(35,36)37/h4-8,10-15,18,20,28-30,38,41H,9,16-17,19,21-22H2,1-3H3,(H,39,42)/t28-,29-,30?/m0/s1. The van der Waals surface area contributed by atoms with Crippen molar-refractivity contribution in [2.45, 2.75) is 70.9 Å². The molecule has 3 atom stereocenters. The molecule has 1 saturated heterocycles. The number of nitrogens with one attached hydrogen (secondary N) is 2. The van der Waals surface area contributed by atoms with Crippen LogP contribution in [0.2, 0.25) is 0 Å². The minimum atomic E-state index is -4.44. The van der Waals surface area contributed by atoms with Crippen molar-refractivity contribution in [2.24, 2.45) is 5.41 Å². The van der Waals surface area contributed by atoms with Crippen LogP contribution in [0.5, 0.6) is 0 Å². The van der Waals surface area contributed by atoms with E-state index in [-0.39, 0.29) is 30.5 Å². The van der Waals surface area contributed by atoms with Gasteiger partial charge in [-0.05, 0) is 60.1 Å². The molecule has 1 unspecified atom stereocenters. The Bertz CT molecular complexity index is 1390. The van der Waals surface area contributed by atoms with Gasteiger partial charge in [-0.3, -0.25) is 9.59 Å². The van der Waals surface area contributed by atoms with Gasteiger partial charge in [-0.25, -0.2) is 0 Å². The highest BCUT2D eigenvalue weighted by atomic mass is 19.4. The van der Waals surface area contributed by atoms with E-state index >= 15 is 0 Å². The molecule has 0 aliphatic carbocycles. The molecule has 3 aromatic rings. The Morgan fingerprint density at radius 2 is 1.60 bits per heavy atom. The van der Waals surface area contributed by atoms with Crippen molar-refractivity contribution in [3.05, 3.63) is 107 Å². The van der Waals surface area contributed by atoms with Crippen LogP contribution in [0.25, 0.3) is 0 Å². The van der Waals surface area contributed by atoms with Crippen molar-refractivity contribution >= 4 is 11.8 Å². The molecule has 1 aliphatic rings. The molecule has 1 heterocycles. The molecule has 0 radical (unpaired) electrons. The van der Waals surface area contributed by atoms with Gasteiger partial charge in [-0.1, -0.05) is 75.4 Å². The van der Waals surface area contributed by atoms with Gasteiger partial charge in [0.05, 0.1) is 17.7 Å². The summed E-state index contributed by atoms with van der Waals surface area (Å²) in [4.78, 5) is 28.8. The number of aliphatic hydroxyl groups excluding tert-OH is 1. The number of aliphatic hydroxyl groups is 1. The van der Waals surface area contributed by atoms with E-state index in [1.807, 2.05) is 35.2 Å². The van der Waals surface area contributed by atoms with Crippen LogP contribution in [0.4, 0.5) is 13.2 Å². The first-order valence-corrected chi connectivity index (χ1v) is 14.6. The predicted molar refractivity (Wildman–Crippen MR) is 161 cm³/mol. The van der Waals surface area contributed by atoms with Gasteiger partial charge in [0.15, 0.2) is 0 Å². The van der Waals surface area contributed by atoms with E-state index in [4.69, 9.17) is 0 Å². The van der Waals surface area contributed by atoms with E-state index < -0.39 is 29.8 Å². The van der Waals surface area contributed by atoms with Crippen molar-refractivity contribution in [2.75, 3.05) is 13.1 Å². The Morgan fingerprint density at radius 3 is 2.30 bits per heavy atom. The molecule has 0 bridgehead atoms. The van der Waals surface area contributed by atoms with Crippen molar-refractivity contribution in [1.82, 2.24) is 15.5 Å². The van der Waals surface area contributed by atoms with E-state index in [9.17, 15) is 27.9 Å². The van der Waals surface area contributed by atoms with Crippen LogP contribution >= 0.6 is 0 Å². The summed E-state index contributed by atoms with van der Waals surface area (Å²) in [5, 5.41) is 17.0. The van der Waals surface area contributed by atoms with E-state index in [2.05, 4.69) is 31.4 Å². The quantitative estimate of drug-likeness (QED) is 0.275. The highest BCUT2D eigenvalue weighted by Gasteiger charge is 2.37. The van der Waals surface area contributed by atoms with Crippen molar-refractivity contribution in [1.29, 1.82) is 0 Å². The molecule has 3 aromatic carbocycles. The fraction of sp³-hybridized carbons (Fsp3) is 0.412. The van der Waals surface area contributed by atoms with E-state index in [1.54, 1.807) is 30.3 Å². The van der Waals surface area contributed by atoms with Gasteiger partial charge in [-0.2, -0.15) is 13.2 Å². The van der Waals surface area contributed by atoms with Crippen LogP contribution in [-0.4, -0.2) is 53.1 Å². The minimum Gasteiger partial charge on any atom is -0.390 e. The van der Waals surface area contributed by atoms with Crippen LogP contribution in [0, 0.1) is 5.41 Å². The summed E-state index contributed by atoms with van der Waals surface area (Å²) in [7, 11) is 0. The number of hydrogen-bond acceptors (Lipinski definition) is 4. The van der Waals surface area contributed by atoms with Crippen LogP contribution in [-0.2, 0) is 19.1 Å². The molecule has 230 valence electrons. The van der Waals surface area contributed by atoms with Gasteiger partial charge in [-0.15, -0.1) is 0 Å². The SMILES string of the molecule is CC(C)(C)C1CCCN1C(=O)c1cccc(C(=O)N[C@@H](Cc2ccccc2)[C@@H](O)CNCc2cccc(C(F)(F)F)c2)c1. The molecule has 3 N–H and O–H groups in total. The fourth-order valence-corrected chi connectivity index (χ4v) is 5.64. The summed E-state index contributed by atoms with van der Waals surface area (Å²) in [5.41, 5.74) is 1.28. The number of rotatable bonds is 10. The third-order valence-corrected chi connectivity index (χ3v) is 7.90. The molecule has 0 aromatic heterocycles. The monoisotopic (exact) mass is 595 g/mol. The Morgan fingerprint density at radius 1 is 0.930 bits per heavy atom. The lowest BCUT2D eigenvalue weighted by atomic mass is 9.85. The summed E-state index contributed by atoms with van der Waals surface area (Å²) < 4.78 is 39.2. The molecule has 43 heavy (non-hydrogen) atoms. The number of nitrogens with zero attached hydrogens (tertiary/aromatic N) is 1. The van der Waals surface area contributed by atoms with Crippen LogP contribution < -0.4 is 10.6 Å². The topological polar surface area (TPSA) is 81.7 Å². The fourth-order valence-electron chi connectivity index (χ4n) is 5.64. The zero-order valence-electron chi connectivity index (χ0n) is 24.8. The van der Waals surface area contributed by atoms with Gasteiger partial charge in [0.1, 0.15) is 0 Å². The summed E-state index contributed by atoms with van der Waals surface area (Å²) in [6.45, 7) is 7.20. The molecule has 0 saturated carbocycles. The smallest absolute Gasteiger partial charge is 0.390 e. The molecule has 2 amide bonds. The third kappa shape index (κ3) is 8.67. The average molecular weight is 596 g/mol. The lowest BCUT2D eigenvalue weighted by Gasteiger charge is -2.35. The van der Waals surface area contributed by atoms with Crippen LogP contribution in [0.1, 0.15) is 71.0 Å². The number of benzene rings is 3. The minimum absolute atomic E-state index is 0.0374. The number of likely N-dealkylation sites (tertiary alicyclic amines) is 1. The largest absolute Gasteiger partial charge is 0.416 e. The summed E-state index contributed by atoms with van der Waals surface area (Å²) in [6.07, 6.45) is -3.27. The number of carbonyl (C=O) groups excluding carboxylic acids is 2. The summed E-state index contributed by atoms with van der Waals surface area (Å²) in [5.74, 6) is -0.534. The number of carbonyl (C=O) groups is 2. The van der Waals surface area contributed by atoms with E-state index in [0.717, 1.165) is 30.5 Å². The maximum absolute atomic E-state index is 13.4. The molecule has 4 rings (SSSR count). The van der Waals surface area contributed by atoms with Crippen molar-refractivity contribution in [3.8, 4) is 0 Å². The highest BCUT2D eigenvalue weighted by molar-refractivity contribution is 6.00. The number of amides is 2. The first-order valence-electron chi connectivity index (χ1n) is 14.6. The zero-order valence-corrected chi connectivity index (χ0v) is 24.8. The zero-order chi connectivity index (χ0) is 31.2. The number of hydrogen-bond donors (Lipinski definition) is 3. The lowest BCUT2D eigenvalue weighted by Crippen LogP contribution is -2.48. The van der Waals surface area contributed by atoms with Crippen LogP contribution in [0.15, 0.2) is 78.9 Å². The Kier molecular flexibility index (Phi) is 10.3. The first kappa shape index (κ1) is 32.2. The van der Waals surface area contributed by atoms with Gasteiger partial charge >= 0.3 is 6.18 Å². The van der Waals surface area contributed by atoms with Gasteiger partial charge in [0.25, 0.3) is 11.8 Å². The maximum atomic E-state index is 13.4. The van der Waals surface area contributed by atoms with Crippen LogP contribution in [0.3, 0.4) is 0 Å². The Labute approximate surface area is 251 Å². The summed E-state index contributed by atoms with van der Waals surface area (Å²) >= 11 is 0. The molecule has 1 aliphatic heterocycles. The molecule has 9 heteroatoms. The number of alkyl halides is 3. The van der Waals surface area contributed by atoms with Crippen molar-refractivity contribution in [3.63, 3.8) is 0 Å². The average Bonchev–Trinajstić information content (AvgIpc) is 3.48. The van der Waals surface area contributed by atoms with Gasteiger partial charge in [0, 0.05) is 36.8 Å². The predicted octanol–water partition coefficient (Wildman–Crippen LogP) is 5.85. The first-order chi connectivity index (χ1) is 20.3.